The van der Waals surface area contributed by atoms with E-state index in [0.29, 0.717) is 18.7 Å². The Balaban J connectivity index is 2.19. The Morgan fingerprint density at radius 2 is 2.29 bits per heavy atom. The van der Waals surface area contributed by atoms with E-state index in [9.17, 15) is 9.59 Å². The van der Waals surface area contributed by atoms with Crippen LogP contribution in [0.15, 0.2) is 10.6 Å². The molecule has 92 valence electrons. The highest BCUT2D eigenvalue weighted by Gasteiger charge is 2.33. The Labute approximate surface area is 98.2 Å². The molecule has 0 aliphatic carbocycles. The van der Waals surface area contributed by atoms with E-state index >= 15 is 0 Å². The van der Waals surface area contributed by atoms with Gasteiger partial charge in [0.05, 0.1) is 5.69 Å². The molecule has 2 rings (SSSR count). The summed E-state index contributed by atoms with van der Waals surface area (Å²) in [5, 5.41) is 12.7. The maximum absolute atomic E-state index is 12.1. The maximum atomic E-state index is 12.1. The van der Waals surface area contributed by atoms with Gasteiger partial charge in [-0.1, -0.05) is 5.16 Å². The molecule has 6 heteroatoms. The molecule has 17 heavy (non-hydrogen) atoms. The van der Waals surface area contributed by atoms with Gasteiger partial charge in [0.2, 0.25) is 5.76 Å². The second-order valence-corrected chi connectivity index (χ2v) is 4.18. The summed E-state index contributed by atoms with van der Waals surface area (Å²) in [5.74, 6) is -1.25. The number of likely N-dealkylation sites (tertiary alicyclic amines) is 1. The van der Waals surface area contributed by atoms with Crippen LogP contribution in [0, 0.1) is 6.92 Å². The Bertz CT molecular complexity index is 440. The zero-order valence-corrected chi connectivity index (χ0v) is 9.55. The SMILES string of the molecule is Cc1cc(C(=O)N2CCCC[C@H]2C(=O)O)on1. The number of aliphatic carboxylic acids is 1. The van der Waals surface area contributed by atoms with E-state index in [1.54, 1.807) is 6.92 Å². The summed E-state index contributed by atoms with van der Waals surface area (Å²) in [5.41, 5.74) is 0.609. The molecule has 0 aromatic carbocycles. The molecule has 0 bridgehead atoms. The van der Waals surface area contributed by atoms with Crippen molar-refractivity contribution in [1.29, 1.82) is 0 Å². The summed E-state index contributed by atoms with van der Waals surface area (Å²) in [7, 11) is 0. The van der Waals surface area contributed by atoms with E-state index in [0.717, 1.165) is 12.8 Å². The van der Waals surface area contributed by atoms with Crippen molar-refractivity contribution in [3.8, 4) is 0 Å². The lowest BCUT2D eigenvalue weighted by atomic mass is 10.0. The molecule has 0 radical (unpaired) electrons. The monoisotopic (exact) mass is 238 g/mol. The van der Waals surface area contributed by atoms with Crippen LogP contribution in [0.2, 0.25) is 0 Å². The van der Waals surface area contributed by atoms with Crippen LogP contribution >= 0.6 is 0 Å². The maximum Gasteiger partial charge on any atom is 0.326 e. The molecule has 2 heterocycles. The van der Waals surface area contributed by atoms with Crippen molar-refractivity contribution in [2.75, 3.05) is 6.54 Å². The van der Waals surface area contributed by atoms with Gasteiger partial charge in [0, 0.05) is 12.6 Å². The zero-order valence-electron chi connectivity index (χ0n) is 9.55. The second-order valence-electron chi connectivity index (χ2n) is 4.18. The molecular weight excluding hydrogens is 224 g/mol. The largest absolute Gasteiger partial charge is 0.480 e. The van der Waals surface area contributed by atoms with Gasteiger partial charge in [-0.15, -0.1) is 0 Å². The average Bonchev–Trinajstić information content (AvgIpc) is 2.75. The molecule has 6 nitrogen and oxygen atoms in total. The smallest absolute Gasteiger partial charge is 0.326 e. The molecule has 1 aliphatic rings. The number of carbonyl (C=O) groups excluding carboxylic acids is 1. The normalized spacial score (nSPS) is 20.3. The van der Waals surface area contributed by atoms with Gasteiger partial charge in [0.15, 0.2) is 0 Å². The number of hydrogen-bond donors (Lipinski definition) is 1. The van der Waals surface area contributed by atoms with Crippen LogP contribution in [0.5, 0.6) is 0 Å². The predicted molar refractivity (Wildman–Crippen MR) is 57.6 cm³/mol. The molecule has 1 amide bonds. The van der Waals surface area contributed by atoms with Gasteiger partial charge in [-0.3, -0.25) is 4.79 Å². The van der Waals surface area contributed by atoms with Crippen LogP contribution in [0.4, 0.5) is 0 Å². The summed E-state index contributed by atoms with van der Waals surface area (Å²) in [6, 6.07) is 0.775. The van der Waals surface area contributed by atoms with Crippen LogP contribution in [-0.2, 0) is 4.79 Å². The number of nitrogens with zero attached hydrogens (tertiary/aromatic N) is 2. The second kappa shape index (κ2) is 4.57. The number of carboxylic acid groups (broad SMARTS) is 1. The minimum atomic E-state index is -0.964. The predicted octanol–water partition coefficient (Wildman–Crippen LogP) is 1.06. The number of piperidine rings is 1. The van der Waals surface area contributed by atoms with Crippen molar-refractivity contribution < 1.29 is 19.2 Å². The van der Waals surface area contributed by atoms with E-state index in [4.69, 9.17) is 9.63 Å². The zero-order chi connectivity index (χ0) is 12.4. The molecule has 1 N–H and O–H groups in total. The molecular formula is C11H14N2O4. The van der Waals surface area contributed by atoms with E-state index in [2.05, 4.69) is 5.16 Å². The topological polar surface area (TPSA) is 83.6 Å². The first-order valence-corrected chi connectivity index (χ1v) is 5.56. The average molecular weight is 238 g/mol. The van der Waals surface area contributed by atoms with E-state index in [1.807, 2.05) is 0 Å². The highest BCUT2D eigenvalue weighted by Crippen LogP contribution is 2.20. The Hall–Kier alpha value is -1.85. The minimum Gasteiger partial charge on any atom is -0.480 e. The first kappa shape index (κ1) is 11.6. The number of carbonyl (C=O) groups is 2. The van der Waals surface area contributed by atoms with Crippen molar-refractivity contribution in [2.24, 2.45) is 0 Å². The van der Waals surface area contributed by atoms with Crippen LogP contribution in [-0.4, -0.2) is 39.6 Å². The van der Waals surface area contributed by atoms with Crippen LogP contribution in [0.25, 0.3) is 0 Å². The first-order chi connectivity index (χ1) is 8.09. The quantitative estimate of drug-likeness (QED) is 0.832. The van der Waals surface area contributed by atoms with E-state index in [-0.39, 0.29) is 5.76 Å². The van der Waals surface area contributed by atoms with Crippen molar-refractivity contribution in [1.82, 2.24) is 10.1 Å². The molecule has 0 saturated carbocycles. The Morgan fingerprint density at radius 3 is 2.88 bits per heavy atom. The molecule has 1 aromatic heterocycles. The molecule has 1 saturated heterocycles. The number of amides is 1. The van der Waals surface area contributed by atoms with Crippen molar-refractivity contribution >= 4 is 11.9 Å². The third-order valence-electron chi connectivity index (χ3n) is 2.89. The lowest BCUT2D eigenvalue weighted by molar-refractivity contribution is -0.143. The summed E-state index contributed by atoms with van der Waals surface area (Å²) < 4.78 is 4.87. The summed E-state index contributed by atoms with van der Waals surface area (Å²) in [6.07, 6.45) is 2.15. The van der Waals surface area contributed by atoms with Gasteiger partial charge in [-0.05, 0) is 26.2 Å². The molecule has 1 fully saturated rings. The van der Waals surface area contributed by atoms with Gasteiger partial charge >= 0.3 is 5.97 Å². The lowest BCUT2D eigenvalue weighted by Crippen LogP contribution is -2.47. The van der Waals surface area contributed by atoms with Crippen molar-refractivity contribution in [2.45, 2.75) is 32.2 Å². The molecule has 0 spiro atoms. The molecule has 1 aromatic rings. The van der Waals surface area contributed by atoms with Crippen LogP contribution < -0.4 is 0 Å². The number of rotatable bonds is 2. The third-order valence-corrected chi connectivity index (χ3v) is 2.89. The van der Waals surface area contributed by atoms with Crippen LogP contribution in [0.3, 0.4) is 0 Å². The van der Waals surface area contributed by atoms with E-state index < -0.39 is 17.9 Å². The minimum absolute atomic E-state index is 0.107. The van der Waals surface area contributed by atoms with Gasteiger partial charge in [-0.2, -0.15) is 0 Å². The summed E-state index contributed by atoms with van der Waals surface area (Å²) in [4.78, 5) is 24.5. The van der Waals surface area contributed by atoms with Gasteiger partial charge in [-0.25, -0.2) is 4.79 Å². The van der Waals surface area contributed by atoms with Gasteiger partial charge < -0.3 is 14.5 Å². The standard InChI is InChI=1S/C11H14N2O4/c1-7-6-9(17-12-7)10(14)13-5-3-2-4-8(13)11(15)16/h6,8H,2-5H2,1H3,(H,15,16)/t8-/m0/s1. The van der Waals surface area contributed by atoms with Crippen molar-refractivity contribution in [3.63, 3.8) is 0 Å². The molecule has 1 aliphatic heterocycles. The van der Waals surface area contributed by atoms with Gasteiger partial charge in [0.1, 0.15) is 6.04 Å². The first-order valence-electron chi connectivity index (χ1n) is 5.56. The Morgan fingerprint density at radius 1 is 1.53 bits per heavy atom. The Kier molecular flexibility index (Phi) is 3.12. The number of aryl methyl sites for hydroxylation is 1. The number of aromatic nitrogens is 1. The van der Waals surface area contributed by atoms with Gasteiger partial charge in [0.25, 0.3) is 5.91 Å². The fraction of sp³-hybridized carbons (Fsp3) is 0.545. The summed E-state index contributed by atoms with van der Waals surface area (Å²) >= 11 is 0. The molecule has 0 unspecified atom stereocenters. The third kappa shape index (κ3) is 2.30. The molecule has 1 atom stereocenters. The lowest BCUT2D eigenvalue weighted by Gasteiger charge is -2.31. The highest BCUT2D eigenvalue weighted by molar-refractivity contribution is 5.94. The fourth-order valence-corrected chi connectivity index (χ4v) is 2.04. The van der Waals surface area contributed by atoms with E-state index in [1.165, 1.54) is 11.0 Å². The fourth-order valence-electron chi connectivity index (χ4n) is 2.04. The number of hydrogen-bond acceptors (Lipinski definition) is 4. The van der Waals surface area contributed by atoms with Crippen LogP contribution in [0.1, 0.15) is 35.5 Å². The highest BCUT2D eigenvalue weighted by atomic mass is 16.5. The van der Waals surface area contributed by atoms with Crippen molar-refractivity contribution in [3.05, 3.63) is 17.5 Å². The summed E-state index contributed by atoms with van der Waals surface area (Å²) in [6.45, 7) is 2.17. The number of carboxylic acids is 1.